The van der Waals surface area contributed by atoms with E-state index in [0.717, 1.165) is 15.4 Å². The van der Waals surface area contributed by atoms with Gasteiger partial charge < -0.3 is 18.6 Å². The highest BCUT2D eigenvalue weighted by molar-refractivity contribution is 9.10. The number of esters is 1. The molecule has 2 aromatic carbocycles. The standard InChI is InChI=1S/C25H25BrN2O6/c1-4-7-17-10-16(11-21(31-5-2)24(17)33-15-23(29)32-6-3)14-27-28-25(30)22-13-18-12-19(26)8-9-20(18)34-22/h4,8-14H,1,5-7,15H2,2-3H3,(H,28,30)/b27-14+. The van der Waals surface area contributed by atoms with Crippen LogP contribution in [0.25, 0.3) is 11.0 Å². The van der Waals surface area contributed by atoms with E-state index in [2.05, 4.69) is 33.0 Å². The predicted molar refractivity (Wildman–Crippen MR) is 133 cm³/mol. The first-order chi connectivity index (χ1) is 16.4. The van der Waals surface area contributed by atoms with Crippen LogP contribution in [0.4, 0.5) is 0 Å². The van der Waals surface area contributed by atoms with Gasteiger partial charge in [-0.05, 0) is 62.2 Å². The third-order valence-electron chi connectivity index (χ3n) is 4.54. The quantitative estimate of drug-likeness (QED) is 0.162. The van der Waals surface area contributed by atoms with Crippen molar-refractivity contribution in [2.45, 2.75) is 20.3 Å². The Labute approximate surface area is 205 Å². The second kappa shape index (κ2) is 12.0. The van der Waals surface area contributed by atoms with Gasteiger partial charge >= 0.3 is 11.9 Å². The molecule has 1 amide bonds. The van der Waals surface area contributed by atoms with Crippen molar-refractivity contribution >= 4 is 45.0 Å². The van der Waals surface area contributed by atoms with E-state index in [1.54, 1.807) is 31.2 Å². The molecular weight excluding hydrogens is 504 g/mol. The van der Waals surface area contributed by atoms with Crippen molar-refractivity contribution in [3.63, 3.8) is 0 Å². The number of allylic oxidation sites excluding steroid dienone is 1. The van der Waals surface area contributed by atoms with E-state index in [9.17, 15) is 9.59 Å². The highest BCUT2D eigenvalue weighted by Gasteiger charge is 2.16. The maximum atomic E-state index is 12.5. The molecule has 0 unspecified atom stereocenters. The zero-order chi connectivity index (χ0) is 24.5. The number of carbonyl (C=O) groups excluding carboxylic acids is 2. The van der Waals surface area contributed by atoms with E-state index in [0.29, 0.717) is 35.7 Å². The van der Waals surface area contributed by atoms with Gasteiger partial charge in [0.2, 0.25) is 0 Å². The average Bonchev–Trinajstić information content (AvgIpc) is 3.22. The number of rotatable bonds is 11. The van der Waals surface area contributed by atoms with Gasteiger partial charge in [-0.2, -0.15) is 5.10 Å². The molecule has 178 valence electrons. The van der Waals surface area contributed by atoms with Gasteiger partial charge in [0.15, 0.2) is 23.9 Å². The Kier molecular flexibility index (Phi) is 8.86. The molecule has 0 spiro atoms. The van der Waals surface area contributed by atoms with Crippen LogP contribution in [0.1, 0.15) is 35.5 Å². The van der Waals surface area contributed by atoms with Gasteiger partial charge in [0.05, 0.1) is 19.4 Å². The van der Waals surface area contributed by atoms with Crippen molar-refractivity contribution in [2.75, 3.05) is 19.8 Å². The largest absolute Gasteiger partial charge is 0.490 e. The first kappa shape index (κ1) is 25.0. The Morgan fingerprint density at radius 2 is 1.97 bits per heavy atom. The molecule has 8 nitrogen and oxygen atoms in total. The number of amides is 1. The van der Waals surface area contributed by atoms with Gasteiger partial charge in [-0.1, -0.05) is 22.0 Å². The van der Waals surface area contributed by atoms with Crippen LogP contribution in [-0.4, -0.2) is 37.9 Å². The molecule has 0 atom stereocenters. The topological polar surface area (TPSA) is 99.4 Å². The lowest BCUT2D eigenvalue weighted by molar-refractivity contribution is -0.145. The third-order valence-corrected chi connectivity index (χ3v) is 5.03. The summed E-state index contributed by atoms with van der Waals surface area (Å²) in [6, 6.07) is 10.7. The predicted octanol–water partition coefficient (Wildman–Crippen LogP) is 5.03. The average molecular weight is 529 g/mol. The summed E-state index contributed by atoms with van der Waals surface area (Å²) in [7, 11) is 0. The molecular formula is C25H25BrN2O6. The number of benzene rings is 2. The summed E-state index contributed by atoms with van der Waals surface area (Å²) in [5.74, 6) is 0.0802. The van der Waals surface area contributed by atoms with Crippen LogP contribution in [0.15, 0.2) is 63.0 Å². The number of fused-ring (bicyclic) bond motifs is 1. The van der Waals surface area contributed by atoms with E-state index in [-0.39, 0.29) is 19.0 Å². The summed E-state index contributed by atoms with van der Waals surface area (Å²) in [5.41, 5.74) is 4.48. The Balaban J connectivity index is 1.78. The van der Waals surface area contributed by atoms with E-state index in [4.69, 9.17) is 18.6 Å². The second-order valence-electron chi connectivity index (χ2n) is 7.02. The first-order valence-corrected chi connectivity index (χ1v) is 11.5. The fourth-order valence-electron chi connectivity index (χ4n) is 3.17. The van der Waals surface area contributed by atoms with Gasteiger partial charge in [-0.3, -0.25) is 4.79 Å². The van der Waals surface area contributed by atoms with Gasteiger partial charge in [-0.25, -0.2) is 10.2 Å². The monoisotopic (exact) mass is 528 g/mol. The normalized spacial score (nSPS) is 10.9. The fourth-order valence-corrected chi connectivity index (χ4v) is 3.55. The van der Waals surface area contributed by atoms with Crippen LogP contribution in [0.2, 0.25) is 0 Å². The molecule has 0 fully saturated rings. The van der Waals surface area contributed by atoms with Crippen molar-refractivity contribution < 1.29 is 28.2 Å². The molecule has 0 aliphatic rings. The number of furan rings is 1. The van der Waals surface area contributed by atoms with E-state index in [1.807, 2.05) is 25.1 Å². The summed E-state index contributed by atoms with van der Waals surface area (Å²) in [5, 5.41) is 4.85. The van der Waals surface area contributed by atoms with Crippen molar-refractivity contribution in [1.29, 1.82) is 0 Å². The molecule has 0 saturated heterocycles. The highest BCUT2D eigenvalue weighted by Crippen LogP contribution is 2.33. The van der Waals surface area contributed by atoms with Crippen molar-refractivity contribution in [2.24, 2.45) is 5.10 Å². The van der Waals surface area contributed by atoms with Gasteiger partial charge in [0.1, 0.15) is 5.58 Å². The zero-order valence-corrected chi connectivity index (χ0v) is 20.5. The minimum absolute atomic E-state index is 0.148. The molecule has 9 heteroatoms. The minimum atomic E-state index is -0.477. The number of ether oxygens (including phenoxy) is 3. The Morgan fingerprint density at radius 3 is 2.71 bits per heavy atom. The van der Waals surface area contributed by atoms with E-state index >= 15 is 0 Å². The molecule has 3 rings (SSSR count). The van der Waals surface area contributed by atoms with Crippen LogP contribution in [0.5, 0.6) is 11.5 Å². The van der Waals surface area contributed by atoms with Crippen molar-refractivity contribution in [3.05, 3.63) is 70.4 Å². The minimum Gasteiger partial charge on any atom is -0.490 e. The second-order valence-corrected chi connectivity index (χ2v) is 7.93. The molecule has 34 heavy (non-hydrogen) atoms. The summed E-state index contributed by atoms with van der Waals surface area (Å²) in [6.45, 7) is 7.77. The molecule has 3 aromatic rings. The number of carbonyl (C=O) groups is 2. The number of nitrogens with one attached hydrogen (secondary N) is 1. The number of hydrazone groups is 1. The molecule has 0 bridgehead atoms. The molecule has 1 heterocycles. The molecule has 1 aromatic heterocycles. The van der Waals surface area contributed by atoms with Crippen LogP contribution in [-0.2, 0) is 16.0 Å². The SMILES string of the molecule is C=CCc1cc(/C=N/NC(=O)c2cc3cc(Br)ccc3o2)cc(OCC)c1OCC(=O)OCC. The molecule has 0 saturated carbocycles. The molecule has 0 radical (unpaired) electrons. The number of hydrogen-bond acceptors (Lipinski definition) is 7. The van der Waals surface area contributed by atoms with Gasteiger partial charge in [0.25, 0.3) is 0 Å². The number of halogens is 1. The summed E-state index contributed by atoms with van der Waals surface area (Å²) >= 11 is 3.40. The van der Waals surface area contributed by atoms with Crippen LogP contribution in [0.3, 0.4) is 0 Å². The lowest BCUT2D eigenvalue weighted by Gasteiger charge is -2.16. The van der Waals surface area contributed by atoms with E-state index < -0.39 is 11.9 Å². The zero-order valence-electron chi connectivity index (χ0n) is 18.9. The van der Waals surface area contributed by atoms with Crippen molar-refractivity contribution in [1.82, 2.24) is 5.43 Å². The fraction of sp³-hybridized carbons (Fsp3) is 0.240. The number of nitrogens with zero attached hydrogens (tertiary/aromatic N) is 1. The maximum Gasteiger partial charge on any atom is 0.344 e. The molecule has 1 N–H and O–H groups in total. The summed E-state index contributed by atoms with van der Waals surface area (Å²) < 4.78 is 22.8. The van der Waals surface area contributed by atoms with Crippen LogP contribution < -0.4 is 14.9 Å². The molecule has 0 aliphatic carbocycles. The summed E-state index contributed by atoms with van der Waals surface area (Å²) in [6.07, 6.45) is 3.67. The third kappa shape index (κ3) is 6.48. The molecule has 0 aliphatic heterocycles. The lowest BCUT2D eigenvalue weighted by atomic mass is 10.1. The smallest absolute Gasteiger partial charge is 0.344 e. The van der Waals surface area contributed by atoms with Crippen LogP contribution >= 0.6 is 15.9 Å². The Bertz CT molecular complexity index is 1220. The Hall–Kier alpha value is -3.59. The maximum absolute atomic E-state index is 12.5. The van der Waals surface area contributed by atoms with Gasteiger partial charge in [-0.15, -0.1) is 6.58 Å². The highest BCUT2D eigenvalue weighted by atomic mass is 79.9. The Morgan fingerprint density at radius 1 is 1.15 bits per heavy atom. The number of hydrogen-bond donors (Lipinski definition) is 1. The lowest BCUT2D eigenvalue weighted by Crippen LogP contribution is -2.17. The summed E-state index contributed by atoms with van der Waals surface area (Å²) in [4.78, 5) is 24.2. The first-order valence-electron chi connectivity index (χ1n) is 10.7. The van der Waals surface area contributed by atoms with Gasteiger partial charge in [0, 0.05) is 15.4 Å². The van der Waals surface area contributed by atoms with Crippen molar-refractivity contribution in [3.8, 4) is 11.5 Å². The van der Waals surface area contributed by atoms with E-state index in [1.165, 1.54) is 6.21 Å². The van der Waals surface area contributed by atoms with Crippen LogP contribution in [0, 0.1) is 0 Å².